The van der Waals surface area contributed by atoms with E-state index in [1.165, 1.54) is 0 Å². The number of nitrogens with zero attached hydrogens (tertiary/aromatic N) is 2. The molecule has 1 aromatic heterocycles. The summed E-state index contributed by atoms with van der Waals surface area (Å²) >= 11 is 0. The number of ether oxygens (including phenoxy) is 1. The lowest BCUT2D eigenvalue weighted by Crippen LogP contribution is -2.34. The number of carbonyl (C=O) groups excluding carboxylic acids is 2. The molecule has 1 amide bonds. The molecule has 0 aliphatic carbocycles. The van der Waals surface area contributed by atoms with Crippen molar-refractivity contribution >= 4 is 28.5 Å². The Kier molecular flexibility index (Phi) is 6.24. The second kappa shape index (κ2) is 9.09. The smallest absolute Gasteiger partial charge is 0.339 e. The number of amides is 1. The molecule has 0 radical (unpaired) electrons. The summed E-state index contributed by atoms with van der Waals surface area (Å²) in [6.45, 7) is 10.1. The standard InChI is InChI=1S/C26H29N3O3/c1-5-29-11-10-23-21(15-29)24(20-8-6-7-9-22(20)28-23)26(31)32-18(4)25(30)27-19-13-16(2)12-17(3)14-19/h6-9,12-14,18H,5,10-11,15H2,1-4H3,(H,27,30). The van der Waals surface area contributed by atoms with Gasteiger partial charge in [-0.15, -0.1) is 0 Å². The summed E-state index contributed by atoms with van der Waals surface area (Å²) in [5.74, 6) is -0.841. The first-order valence-electron chi connectivity index (χ1n) is 11.1. The molecule has 4 rings (SSSR count). The van der Waals surface area contributed by atoms with Crippen molar-refractivity contribution in [1.82, 2.24) is 9.88 Å². The largest absolute Gasteiger partial charge is 0.449 e. The monoisotopic (exact) mass is 431 g/mol. The molecule has 6 heteroatoms. The third-order valence-corrected chi connectivity index (χ3v) is 5.92. The SMILES string of the molecule is CCN1CCc2nc3ccccc3c(C(=O)OC(C)C(=O)Nc3cc(C)cc(C)c3)c2C1. The van der Waals surface area contributed by atoms with E-state index in [4.69, 9.17) is 9.72 Å². The highest BCUT2D eigenvalue weighted by molar-refractivity contribution is 6.06. The number of fused-ring (bicyclic) bond motifs is 2. The number of rotatable bonds is 5. The number of hydrogen-bond donors (Lipinski definition) is 1. The number of aromatic nitrogens is 1. The molecule has 0 saturated heterocycles. The van der Waals surface area contributed by atoms with Crippen LogP contribution < -0.4 is 5.32 Å². The fraction of sp³-hybridized carbons (Fsp3) is 0.346. The molecule has 2 heterocycles. The number of hydrogen-bond acceptors (Lipinski definition) is 5. The Balaban J connectivity index is 1.61. The molecular weight excluding hydrogens is 402 g/mol. The third kappa shape index (κ3) is 4.50. The molecule has 0 bridgehead atoms. The maximum Gasteiger partial charge on any atom is 0.339 e. The van der Waals surface area contributed by atoms with Gasteiger partial charge in [0, 0.05) is 41.8 Å². The van der Waals surface area contributed by atoms with Crippen LogP contribution in [0.3, 0.4) is 0 Å². The predicted octanol–water partition coefficient (Wildman–Crippen LogP) is 4.41. The summed E-state index contributed by atoms with van der Waals surface area (Å²) in [6, 6.07) is 13.4. The lowest BCUT2D eigenvalue weighted by molar-refractivity contribution is -0.123. The summed E-state index contributed by atoms with van der Waals surface area (Å²) in [6.07, 6.45) is -0.145. The lowest BCUT2D eigenvalue weighted by Gasteiger charge is -2.29. The van der Waals surface area contributed by atoms with Crippen LogP contribution in [0.25, 0.3) is 10.9 Å². The van der Waals surface area contributed by atoms with Crippen molar-refractivity contribution in [3.8, 4) is 0 Å². The van der Waals surface area contributed by atoms with Gasteiger partial charge in [0.2, 0.25) is 0 Å². The van der Waals surface area contributed by atoms with E-state index in [-0.39, 0.29) is 5.91 Å². The van der Waals surface area contributed by atoms with Crippen LogP contribution in [0.2, 0.25) is 0 Å². The molecule has 1 aliphatic rings. The van der Waals surface area contributed by atoms with Gasteiger partial charge in [0.1, 0.15) is 0 Å². The van der Waals surface area contributed by atoms with E-state index in [0.717, 1.165) is 52.8 Å². The maximum absolute atomic E-state index is 13.4. The zero-order valence-electron chi connectivity index (χ0n) is 19.1. The number of benzene rings is 2. The van der Waals surface area contributed by atoms with Crippen LogP contribution in [0.4, 0.5) is 5.69 Å². The Hall–Kier alpha value is -3.25. The lowest BCUT2D eigenvalue weighted by atomic mass is 9.95. The third-order valence-electron chi connectivity index (χ3n) is 5.92. The van der Waals surface area contributed by atoms with E-state index >= 15 is 0 Å². The minimum atomic E-state index is -0.934. The van der Waals surface area contributed by atoms with Crippen molar-refractivity contribution in [2.45, 2.75) is 46.8 Å². The molecule has 1 atom stereocenters. The summed E-state index contributed by atoms with van der Waals surface area (Å²) in [5.41, 5.74) is 5.95. The van der Waals surface area contributed by atoms with Gasteiger partial charge in [-0.25, -0.2) is 4.79 Å². The second-order valence-electron chi connectivity index (χ2n) is 8.46. The molecule has 2 aromatic carbocycles. The normalized spacial score (nSPS) is 14.6. The van der Waals surface area contributed by atoms with Crippen LogP contribution in [0.15, 0.2) is 42.5 Å². The molecule has 1 unspecified atom stereocenters. The number of aryl methyl sites for hydroxylation is 2. The van der Waals surface area contributed by atoms with Crippen molar-refractivity contribution < 1.29 is 14.3 Å². The van der Waals surface area contributed by atoms with Gasteiger partial charge < -0.3 is 10.1 Å². The average molecular weight is 432 g/mol. The van der Waals surface area contributed by atoms with E-state index in [9.17, 15) is 9.59 Å². The molecule has 1 N–H and O–H groups in total. The van der Waals surface area contributed by atoms with E-state index in [2.05, 4.69) is 17.1 Å². The molecule has 0 spiro atoms. The van der Waals surface area contributed by atoms with Crippen molar-refractivity contribution in [1.29, 1.82) is 0 Å². The van der Waals surface area contributed by atoms with Crippen LogP contribution in [0, 0.1) is 13.8 Å². The van der Waals surface area contributed by atoms with Gasteiger partial charge in [0.15, 0.2) is 6.10 Å². The number of nitrogens with one attached hydrogen (secondary N) is 1. The number of anilines is 1. The zero-order valence-corrected chi connectivity index (χ0v) is 19.1. The van der Waals surface area contributed by atoms with Crippen LogP contribution in [0.1, 0.15) is 46.6 Å². The summed E-state index contributed by atoms with van der Waals surface area (Å²) < 4.78 is 5.68. The fourth-order valence-electron chi connectivity index (χ4n) is 4.31. The summed E-state index contributed by atoms with van der Waals surface area (Å²) in [7, 11) is 0. The highest BCUT2D eigenvalue weighted by Gasteiger charge is 2.28. The van der Waals surface area contributed by atoms with Gasteiger partial charge in [-0.05, 0) is 56.6 Å². The zero-order chi connectivity index (χ0) is 22.8. The van der Waals surface area contributed by atoms with Crippen molar-refractivity contribution in [3.05, 3.63) is 70.4 Å². The first kappa shape index (κ1) is 22.0. The van der Waals surface area contributed by atoms with Gasteiger partial charge in [0.25, 0.3) is 5.91 Å². The van der Waals surface area contributed by atoms with Gasteiger partial charge >= 0.3 is 5.97 Å². The topological polar surface area (TPSA) is 71.5 Å². The van der Waals surface area contributed by atoms with Gasteiger partial charge in [-0.1, -0.05) is 31.2 Å². The van der Waals surface area contributed by atoms with Crippen molar-refractivity contribution in [2.24, 2.45) is 0 Å². The molecule has 6 nitrogen and oxygen atoms in total. The van der Waals surface area contributed by atoms with E-state index in [1.54, 1.807) is 6.92 Å². The molecule has 166 valence electrons. The predicted molar refractivity (Wildman–Crippen MR) is 126 cm³/mol. The second-order valence-corrected chi connectivity index (χ2v) is 8.46. The Morgan fingerprint density at radius 3 is 2.59 bits per heavy atom. The number of esters is 1. The number of pyridine rings is 1. The van der Waals surface area contributed by atoms with Gasteiger partial charge in [-0.2, -0.15) is 0 Å². The molecular formula is C26H29N3O3. The van der Waals surface area contributed by atoms with Crippen molar-refractivity contribution in [3.63, 3.8) is 0 Å². The molecule has 0 saturated carbocycles. The minimum absolute atomic E-state index is 0.356. The summed E-state index contributed by atoms with van der Waals surface area (Å²) in [5, 5.41) is 3.62. The minimum Gasteiger partial charge on any atom is -0.449 e. The Morgan fingerprint density at radius 1 is 1.16 bits per heavy atom. The number of carbonyl (C=O) groups is 2. The molecule has 3 aromatic rings. The van der Waals surface area contributed by atoms with Crippen LogP contribution >= 0.6 is 0 Å². The first-order valence-corrected chi connectivity index (χ1v) is 11.1. The average Bonchev–Trinajstić information content (AvgIpc) is 2.76. The summed E-state index contributed by atoms with van der Waals surface area (Å²) in [4.78, 5) is 33.2. The molecule has 32 heavy (non-hydrogen) atoms. The number of likely N-dealkylation sites (N-methyl/N-ethyl adjacent to an activating group) is 1. The maximum atomic E-state index is 13.4. The first-order chi connectivity index (χ1) is 15.4. The van der Waals surface area contributed by atoms with Gasteiger partial charge in [0.05, 0.1) is 11.1 Å². The Morgan fingerprint density at radius 2 is 1.88 bits per heavy atom. The highest BCUT2D eigenvalue weighted by atomic mass is 16.5. The van der Waals surface area contributed by atoms with E-state index < -0.39 is 12.1 Å². The quantitative estimate of drug-likeness (QED) is 0.606. The van der Waals surface area contributed by atoms with Crippen molar-refractivity contribution in [2.75, 3.05) is 18.4 Å². The highest BCUT2D eigenvalue weighted by Crippen LogP contribution is 2.29. The molecule has 1 aliphatic heterocycles. The number of para-hydroxylation sites is 1. The Labute approximate surface area is 188 Å². The van der Waals surface area contributed by atoms with Crippen LogP contribution in [-0.2, 0) is 22.5 Å². The van der Waals surface area contributed by atoms with E-state index in [0.29, 0.717) is 17.8 Å². The van der Waals surface area contributed by atoms with Crippen LogP contribution in [0.5, 0.6) is 0 Å². The van der Waals surface area contributed by atoms with Crippen LogP contribution in [-0.4, -0.2) is 41.0 Å². The Bertz CT molecular complexity index is 1170. The molecule has 0 fully saturated rings. The fourth-order valence-corrected chi connectivity index (χ4v) is 4.31. The van der Waals surface area contributed by atoms with Gasteiger partial charge in [-0.3, -0.25) is 14.7 Å². The van der Waals surface area contributed by atoms with E-state index in [1.807, 2.05) is 56.3 Å².